The van der Waals surface area contributed by atoms with Crippen molar-refractivity contribution in [1.29, 1.82) is 0 Å². The molecule has 0 bridgehead atoms. The summed E-state index contributed by atoms with van der Waals surface area (Å²) in [5, 5.41) is 11.8. The van der Waals surface area contributed by atoms with E-state index in [0.29, 0.717) is 31.3 Å². The molecule has 5 atom stereocenters. The van der Waals surface area contributed by atoms with Crippen molar-refractivity contribution in [3.05, 3.63) is 64.3 Å². The SMILES string of the molecule is CC/C=C/[C@](C)(O)C1CCC1CN1CC(c2ccc(Cl)cc2CCC)COc2ccc(C(=O)NS(=O)C(C)C)nc21. The monoisotopic (exact) mass is 601 g/mol. The number of rotatable bonds is 11. The number of benzene rings is 1. The second-order valence-electron chi connectivity index (χ2n) is 11.8. The third kappa shape index (κ3) is 7.51. The molecule has 2 heterocycles. The molecule has 7 nitrogen and oxygen atoms in total. The highest BCUT2D eigenvalue weighted by molar-refractivity contribution is 7.84. The molecule has 1 amide bonds. The Morgan fingerprint density at radius 2 is 2.07 bits per heavy atom. The summed E-state index contributed by atoms with van der Waals surface area (Å²) in [6.45, 7) is 11.5. The van der Waals surface area contributed by atoms with Gasteiger partial charge in [-0.3, -0.25) is 9.52 Å². The highest BCUT2D eigenvalue weighted by atomic mass is 35.5. The molecule has 1 aromatic heterocycles. The molecule has 1 aliphatic heterocycles. The van der Waals surface area contributed by atoms with Gasteiger partial charge in [-0.05, 0) is 93.7 Å². The van der Waals surface area contributed by atoms with Crippen molar-refractivity contribution in [1.82, 2.24) is 9.71 Å². The van der Waals surface area contributed by atoms with E-state index in [-0.39, 0.29) is 28.7 Å². The van der Waals surface area contributed by atoms with E-state index in [1.54, 1.807) is 26.0 Å². The van der Waals surface area contributed by atoms with Crippen LogP contribution in [0.3, 0.4) is 0 Å². The molecule has 0 radical (unpaired) electrons. The second-order valence-corrected chi connectivity index (χ2v) is 14.0. The van der Waals surface area contributed by atoms with E-state index in [0.717, 1.165) is 37.1 Å². The van der Waals surface area contributed by atoms with Crippen LogP contribution in [0.4, 0.5) is 5.82 Å². The van der Waals surface area contributed by atoms with E-state index in [2.05, 4.69) is 35.6 Å². The molecule has 9 heteroatoms. The lowest BCUT2D eigenvalue weighted by Gasteiger charge is -2.46. The molecule has 0 saturated heterocycles. The van der Waals surface area contributed by atoms with Gasteiger partial charge in [-0.1, -0.05) is 50.1 Å². The largest absolute Gasteiger partial charge is 0.489 e. The summed E-state index contributed by atoms with van der Waals surface area (Å²) in [4.78, 5) is 20.0. The zero-order chi connectivity index (χ0) is 29.7. The fraction of sp³-hybridized carbons (Fsp3) is 0.562. The van der Waals surface area contributed by atoms with E-state index in [9.17, 15) is 14.1 Å². The first-order valence-electron chi connectivity index (χ1n) is 14.8. The van der Waals surface area contributed by atoms with Gasteiger partial charge in [0.25, 0.3) is 5.91 Å². The van der Waals surface area contributed by atoms with Gasteiger partial charge in [0, 0.05) is 29.3 Å². The standard InChI is InChI=1S/C32H44ClN3O4S/c1-6-8-16-32(5,38)27-13-10-23(27)18-36-19-24(26-12-11-25(33)17-22(26)9-7-2)20-40-29-15-14-28(34-30(29)36)31(37)35-41(39)21(3)4/h8,11-12,14-17,21,23-24,27,38H,6-7,9-10,13,18-20H2,1-5H3,(H,35,37)/b16-8+/t23?,24?,27?,32-,41?/m0/s1. The predicted octanol–water partition coefficient (Wildman–Crippen LogP) is 6.22. The Hall–Kier alpha value is -2.42. The first-order valence-corrected chi connectivity index (χ1v) is 16.4. The fourth-order valence-electron chi connectivity index (χ4n) is 5.89. The summed E-state index contributed by atoms with van der Waals surface area (Å²) < 4.78 is 21.2. The number of allylic oxidation sites excluding steroid dienone is 1. The molecule has 1 saturated carbocycles. The van der Waals surface area contributed by atoms with Crippen LogP contribution >= 0.6 is 11.6 Å². The van der Waals surface area contributed by atoms with Crippen molar-refractivity contribution in [3.8, 4) is 5.75 Å². The van der Waals surface area contributed by atoms with Gasteiger partial charge in [-0.15, -0.1) is 0 Å². The number of nitrogens with zero attached hydrogens (tertiary/aromatic N) is 2. The van der Waals surface area contributed by atoms with Crippen LogP contribution in [0.1, 0.15) is 87.8 Å². The number of halogens is 1. The van der Waals surface area contributed by atoms with Crippen LogP contribution < -0.4 is 14.4 Å². The number of hydrogen-bond donors (Lipinski definition) is 2. The topological polar surface area (TPSA) is 91.8 Å². The fourth-order valence-corrected chi connectivity index (χ4v) is 6.60. The van der Waals surface area contributed by atoms with Gasteiger partial charge in [0.2, 0.25) is 0 Å². The molecule has 2 N–H and O–H groups in total. The number of hydrogen-bond acceptors (Lipinski definition) is 6. The summed E-state index contributed by atoms with van der Waals surface area (Å²) in [6, 6.07) is 9.51. The molecule has 1 fully saturated rings. The van der Waals surface area contributed by atoms with Crippen LogP contribution in [-0.2, 0) is 17.4 Å². The average Bonchev–Trinajstić information content (AvgIpc) is 3.09. The normalized spacial score (nSPS) is 22.8. The summed E-state index contributed by atoms with van der Waals surface area (Å²) in [6.07, 6.45) is 8.74. The average molecular weight is 602 g/mol. The summed E-state index contributed by atoms with van der Waals surface area (Å²) in [5.41, 5.74) is 1.75. The van der Waals surface area contributed by atoms with Crippen LogP contribution in [0.5, 0.6) is 5.75 Å². The van der Waals surface area contributed by atoms with Crippen molar-refractivity contribution in [2.45, 2.75) is 83.5 Å². The molecular weight excluding hydrogens is 558 g/mol. The molecule has 4 rings (SSSR count). The minimum absolute atomic E-state index is 0.0627. The maximum absolute atomic E-state index is 13.0. The molecule has 41 heavy (non-hydrogen) atoms. The van der Waals surface area contributed by atoms with Crippen LogP contribution in [-0.4, -0.2) is 50.8 Å². The summed E-state index contributed by atoms with van der Waals surface area (Å²) >= 11 is 6.38. The van der Waals surface area contributed by atoms with Crippen molar-refractivity contribution in [3.63, 3.8) is 0 Å². The first kappa shape index (κ1) is 31.5. The van der Waals surface area contributed by atoms with Gasteiger partial charge < -0.3 is 14.7 Å². The third-order valence-corrected chi connectivity index (χ3v) is 9.73. The first-order chi connectivity index (χ1) is 19.5. The number of aryl methyl sites for hydroxylation is 1. The lowest BCUT2D eigenvalue weighted by Crippen LogP contribution is -2.49. The van der Waals surface area contributed by atoms with Crippen LogP contribution in [0, 0.1) is 11.8 Å². The number of aliphatic hydroxyl groups is 1. The molecule has 1 aromatic carbocycles. The number of carbonyl (C=O) groups excluding carboxylic acids is 1. The number of fused-ring (bicyclic) bond motifs is 1. The number of ether oxygens (including phenoxy) is 1. The Morgan fingerprint density at radius 3 is 2.73 bits per heavy atom. The van der Waals surface area contributed by atoms with Gasteiger partial charge in [0.05, 0.1) is 12.2 Å². The van der Waals surface area contributed by atoms with Crippen molar-refractivity contribution in [2.24, 2.45) is 11.8 Å². The molecular formula is C32H44ClN3O4S. The predicted molar refractivity (Wildman–Crippen MR) is 167 cm³/mol. The Morgan fingerprint density at radius 1 is 1.29 bits per heavy atom. The van der Waals surface area contributed by atoms with Gasteiger partial charge in [0.15, 0.2) is 11.6 Å². The number of aromatic nitrogens is 1. The van der Waals surface area contributed by atoms with Gasteiger partial charge in [-0.2, -0.15) is 0 Å². The Balaban J connectivity index is 1.68. The molecule has 1 aliphatic carbocycles. The van der Waals surface area contributed by atoms with Gasteiger partial charge in [-0.25, -0.2) is 9.19 Å². The van der Waals surface area contributed by atoms with Gasteiger partial charge in [0.1, 0.15) is 16.7 Å². The Labute approximate surface area is 252 Å². The Kier molecular flexibility index (Phi) is 10.5. The zero-order valence-electron chi connectivity index (χ0n) is 24.9. The second kappa shape index (κ2) is 13.7. The maximum Gasteiger partial charge on any atom is 0.281 e. The van der Waals surface area contributed by atoms with Crippen molar-refractivity contribution in [2.75, 3.05) is 24.6 Å². The molecule has 224 valence electrons. The van der Waals surface area contributed by atoms with Crippen molar-refractivity contribution < 1.29 is 18.8 Å². The Bertz CT molecular complexity index is 1280. The minimum atomic E-state index is -1.50. The summed E-state index contributed by atoms with van der Waals surface area (Å²) in [7, 11) is -1.50. The highest BCUT2D eigenvalue weighted by Crippen LogP contribution is 2.45. The molecule has 2 aromatic rings. The number of amides is 1. The molecule has 0 spiro atoms. The lowest BCUT2D eigenvalue weighted by atomic mass is 9.65. The van der Waals surface area contributed by atoms with E-state index >= 15 is 0 Å². The van der Waals surface area contributed by atoms with Crippen LogP contribution in [0.2, 0.25) is 5.02 Å². The lowest BCUT2D eigenvalue weighted by molar-refractivity contribution is -0.0312. The smallest absolute Gasteiger partial charge is 0.281 e. The third-order valence-electron chi connectivity index (χ3n) is 8.25. The van der Waals surface area contributed by atoms with E-state index in [1.165, 1.54) is 11.1 Å². The maximum atomic E-state index is 13.0. The quantitative estimate of drug-likeness (QED) is 0.297. The van der Waals surface area contributed by atoms with E-state index in [4.69, 9.17) is 21.3 Å². The van der Waals surface area contributed by atoms with Crippen molar-refractivity contribution >= 4 is 34.3 Å². The van der Waals surface area contributed by atoms with Crippen LogP contribution in [0.25, 0.3) is 0 Å². The van der Waals surface area contributed by atoms with Crippen LogP contribution in [0.15, 0.2) is 42.5 Å². The van der Waals surface area contributed by atoms with E-state index < -0.39 is 22.5 Å². The molecule has 2 aliphatic rings. The molecule has 4 unspecified atom stereocenters. The summed E-state index contributed by atoms with van der Waals surface area (Å²) in [5.74, 6) is 1.20. The van der Waals surface area contributed by atoms with E-state index in [1.807, 2.05) is 25.1 Å². The number of pyridine rings is 1. The number of nitrogens with one attached hydrogen (secondary N) is 1. The minimum Gasteiger partial charge on any atom is -0.489 e. The zero-order valence-corrected chi connectivity index (χ0v) is 26.4. The highest BCUT2D eigenvalue weighted by Gasteiger charge is 2.43. The van der Waals surface area contributed by atoms with Gasteiger partial charge >= 0.3 is 0 Å². The number of carbonyl (C=O) groups is 1. The number of anilines is 1.